The van der Waals surface area contributed by atoms with Gasteiger partial charge in [-0.05, 0) is 57.4 Å². The molecule has 0 aliphatic heterocycles. The molecule has 1 aromatic rings. The molecule has 1 rings (SSSR count). The third kappa shape index (κ3) is 6.87. The van der Waals surface area contributed by atoms with E-state index in [4.69, 9.17) is 17.0 Å². The number of carbonyl (C=O) groups excluding carboxylic acids is 1. The van der Waals surface area contributed by atoms with Gasteiger partial charge in [0, 0.05) is 19.3 Å². The Morgan fingerprint density at radius 3 is 2.39 bits per heavy atom. The van der Waals surface area contributed by atoms with Gasteiger partial charge < -0.3 is 9.30 Å². The maximum absolute atomic E-state index is 12.6. The van der Waals surface area contributed by atoms with Gasteiger partial charge >= 0.3 is 11.7 Å². The SMILES string of the molecule is CCn1c(=S)ccn(CCCCCCOC(=O)C(C)(CC(C)C)C(C)C)c1=O. The molecular formula is C22H38N2O3S. The fraction of sp³-hybridized carbons (Fsp3) is 0.773. The highest BCUT2D eigenvalue weighted by Gasteiger charge is 2.38. The quantitative estimate of drug-likeness (QED) is 0.270. The predicted molar refractivity (Wildman–Crippen MR) is 117 cm³/mol. The summed E-state index contributed by atoms with van der Waals surface area (Å²) in [4.78, 5) is 24.9. The van der Waals surface area contributed by atoms with Crippen molar-refractivity contribution in [3.8, 4) is 0 Å². The molecule has 160 valence electrons. The Kier molecular flexibility index (Phi) is 10.1. The number of unbranched alkanes of at least 4 members (excludes halogenated alkanes) is 3. The molecule has 1 unspecified atom stereocenters. The van der Waals surface area contributed by atoms with Crippen molar-refractivity contribution in [3.05, 3.63) is 27.4 Å². The van der Waals surface area contributed by atoms with E-state index in [-0.39, 0.29) is 17.6 Å². The van der Waals surface area contributed by atoms with Crippen LogP contribution in [0.2, 0.25) is 0 Å². The van der Waals surface area contributed by atoms with Crippen LogP contribution >= 0.6 is 12.2 Å². The topological polar surface area (TPSA) is 53.2 Å². The Bertz CT molecular complexity index is 736. The van der Waals surface area contributed by atoms with Gasteiger partial charge in [-0.15, -0.1) is 0 Å². The third-order valence-corrected chi connectivity index (χ3v) is 5.91. The number of esters is 1. The number of hydrogen-bond acceptors (Lipinski definition) is 4. The van der Waals surface area contributed by atoms with Crippen LogP contribution in [0, 0.1) is 21.9 Å². The Labute approximate surface area is 175 Å². The first-order chi connectivity index (χ1) is 13.1. The lowest BCUT2D eigenvalue weighted by atomic mass is 9.73. The van der Waals surface area contributed by atoms with Crippen LogP contribution in [0.1, 0.15) is 73.6 Å². The second kappa shape index (κ2) is 11.5. The molecule has 6 heteroatoms. The molecule has 0 spiro atoms. The van der Waals surface area contributed by atoms with Crippen molar-refractivity contribution in [3.63, 3.8) is 0 Å². The first-order valence-corrected chi connectivity index (χ1v) is 11.0. The standard InChI is InChI=1S/C22H38N2O3S/c1-7-24-19(28)12-14-23(21(24)26)13-10-8-9-11-15-27-20(25)22(6,18(4)5)16-17(2)3/h12,14,17-18H,7-11,13,15-16H2,1-6H3. The molecule has 0 N–H and O–H groups in total. The summed E-state index contributed by atoms with van der Waals surface area (Å²) < 4.78 is 9.50. The van der Waals surface area contributed by atoms with Gasteiger partial charge in [0.2, 0.25) is 0 Å². The molecule has 5 nitrogen and oxygen atoms in total. The molecule has 0 fully saturated rings. The van der Waals surface area contributed by atoms with Crippen molar-refractivity contribution < 1.29 is 9.53 Å². The predicted octanol–water partition coefficient (Wildman–Crippen LogP) is 5.21. The largest absolute Gasteiger partial charge is 0.465 e. The summed E-state index contributed by atoms with van der Waals surface area (Å²) in [6, 6.07) is 1.81. The van der Waals surface area contributed by atoms with Gasteiger partial charge in [-0.1, -0.05) is 46.3 Å². The highest BCUT2D eigenvalue weighted by Crippen LogP contribution is 2.35. The molecule has 0 bridgehead atoms. The zero-order chi connectivity index (χ0) is 21.3. The summed E-state index contributed by atoms with van der Waals surface area (Å²) in [7, 11) is 0. The number of rotatable bonds is 12. The van der Waals surface area contributed by atoms with E-state index >= 15 is 0 Å². The summed E-state index contributed by atoms with van der Waals surface area (Å²) in [6.07, 6.45) is 6.39. The van der Waals surface area contributed by atoms with E-state index in [1.54, 1.807) is 15.3 Å². The number of aromatic nitrogens is 2. The zero-order valence-corrected chi connectivity index (χ0v) is 19.3. The highest BCUT2D eigenvalue weighted by atomic mass is 32.1. The van der Waals surface area contributed by atoms with Crippen molar-refractivity contribution in [2.75, 3.05) is 6.61 Å². The van der Waals surface area contributed by atoms with Crippen molar-refractivity contribution in [2.24, 2.45) is 17.3 Å². The van der Waals surface area contributed by atoms with Crippen LogP contribution in [-0.2, 0) is 22.6 Å². The van der Waals surface area contributed by atoms with Crippen molar-refractivity contribution in [1.29, 1.82) is 0 Å². The Morgan fingerprint density at radius 2 is 1.82 bits per heavy atom. The summed E-state index contributed by atoms with van der Waals surface area (Å²) in [5.74, 6) is 0.647. The lowest BCUT2D eigenvalue weighted by Gasteiger charge is -2.32. The van der Waals surface area contributed by atoms with E-state index in [0.29, 0.717) is 30.3 Å². The first-order valence-electron chi connectivity index (χ1n) is 10.6. The van der Waals surface area contributed by atoms with E-state index in [9.17, 15) is 9.59 Å². The van der Waals surface area contributed by atoms with Gasteiger partial charge in [0.05, 0.1) is 12.0 Å². The summed E-state index contributed by atoms with van der Waals surface area (Å²) in [5.41, 5.74) is -0.456. The maximum Gasteiger partial charge on any atom is 0.329 e. The Morgan fingerprint density at radius 1 is 1.18 bits per heavy atom. The molecular weight excluding hydrogens is 372 g/mol. The van der Waals surface area contributed by atoms with Crippen LogP contribution in [0.5, 0.6) is 0 Å². The lowest BCUT2D eigenvalue weighted by Crippen LogP contribution is -2.36. The Balaban J connectivity index is 2.36. The number of hydrogen-bond donors (Lipinski definition) is 0. The van der Waals surface area contributed by atoms with E-state index in [0.717, 1.165) is 32.1 Å². The van der Waals surface area contributed by atoms with Crippen LogP contribution in [0.3, 0.4) is 0 Å². The van der Waals surface area contributed by atoms with Gasteiger partial charge in [-0.25, -0.2) is 4.79 Å². The highest BCUT2D eigenvalue weighted by molar-refractivity contribution is 7.71. The van der Waals surface area contributed by atoms with Crippen LogP contribution in [-0.4, -0.2) is 21.7 Å². The van der Waals surface area contributed by atoms with Crippen molar-refractivity contribution in [2.45, 2.75) is 86.7 Å². The Hall–Kier alpha value is -1.43. The van der Waals surface area contributed by atoms with Crippen molar-refractivity contribution >= 4 is 18.2 Å². The summed E-state index contributed by atoms with van der Waals surface area (Å²) >= 11 is 5.18. The van der Waals surface area contributed by atoms with Crippen LogP contribution in [0.4, 0.5) is 0 Å². The van der Waals surface area contributed by atoms with E-state index < -0.39 is 5.41 Å². The second-order valence-corrected chi connectivity index (χ2v) is 9.01. The van der Waals surface area contributed by atoms with Gasteiger partial charge in [0.1, 0.15) is 4.64 Å². The van der Waals surface area contributed by atoms with E-state index in [2.05, 4.69) is 27.7 Å². The number of aryl methyl sites for hydroxylation is 1. The smallest absolute Gasteiger partial charge is 0.329 e. The minimum Gasteiger partial charge on any atom is -0.465 e. The van der Waals surface area contributed by atoms with Gasteiger partial charge in [0.25, 0.3) is 0 Å². The zero-order valence-electron chi connectivity index (χ0n) is 18.5. The molecule has 1 aromatic heterocycles. The number of nitrogens with zero attached hydrogens (tertiary/aromatic N) is 2. The van der Waals surface area contributed by atoms with Crippen LogP contribution in [0.25, 0.3) is 0 Å². The normalized spacial score (nSPS) is 13.7. The summed E-state index contributed by atoms with van der Waals surface area (Å²) in [6.45, 7) is 14.2. The van der Waals surface area contributed by atoms with Crippen molar-refractivity contribution in [1.82, 2.24) is 9.13 Å². The minimum absolute atomic E-state index is 0.0398. The average molecular weight is 411 g/mol. The molecule has 0 radical (unpaired) electrons. The van der Waals surface area contributed by atoms with E-state index in [1.807, 2.05) is 19.9 Å². The molecule has 0 saturated carbocycles. The molecule has 1 atom stereocenters. The molecule has 28 heavy (non-hydrogen) atoms. The second-order valence-electron chi connectivity index (χ2n) is 8.59. The van der Waals surface area contributed by atoms with Crippen LogP contribution < -0.4 is 5.69 Å². The molecule has 0 aliphatic carbocycles. The third-order valence-electron chi connectivity index (χ3n) is 5.56. The fourth-order valence-corrected chi connectivity index (χ4v) is 3.76. The molecule has 1 heterocycles. The molecule has 0 aromatic carbocycles. The first kappa shape index (κ1) is 24.6. The summed E-state index contributed by atoms with van der Waals surface area (Å²) in [5, 5.41) is 0. The molecule has 0 aliphatic rings. The van der Waals surface area contributed by atoms with Gasteiger partial charge in [-0.2, -0.15) is 0 Å². The molecule has 0 amide bonds. The number of carbonyl (C=O) groups is 1. The average Bonchev–Trinajstić information content (AvgIpc) is 2.61. The minimum atomic E-state index is -0.416. The fourth-order valence-electron chi connectivity index (χ4n) is 3.49. The monoisotopic (exact) mass is 410 g/mol. The van der Waals surface area contributed by atoms with Crippen LogP contribution in [0.15, 0.2) is 17.1 Å². The van der Waals surface area contributed by atoms with Gasteiger partial charge in [0.15, 0.2) is 0 Å². The molecule has 0 saturated heterocycles. The maximum atomic E-state index is 12.6. The van der Waals surface area contributed by atoms with Gasteiger partial charge in [-0.3, -0.25) is 9.36 Å². The number of ether oxygens (including phenoxy) is 1. The lowest BCUT2D eigenvalue weighted by molar-refractivity contribution is -0.159. The van der Waals surface area contributed by atoms with E-state index in [1.165, 1.54) is 0 Å².